The van der Waals surface area contributed by atoms with Crippen molar-refractivity contribution in [3.8, 4) is 0 Å². The fraction of sp³-hybridized carbons (Fsp3) is 0.588. The van der Waals surface area contributed by atoms with Gasteiger partial charge in [0, 0.05) is 32.7 Å². The van der Waals surface area contributed by atoms with Gasteiger partial charge in [0.25, 0.3) is 0 Å². The van der Waals surface area contributed by atoms with Crippen molar-refractivity contribution < 1.29 is 9.90 Å². The van der Waals surface area contributed by atoms with Crippen LogP contribution in [-0.2, 0) is 11.3 Å². The fourth-order valence-electron chi connectivity index (χ4n) is 2.70. The molecule has 5 nitrogen and oxygen atoms in total. The summed E-state index contributed by atoms with van der Waals surface area (Å²) in [5, 5.41) is 12.0. The van der Waals surface area contributed by atoms with E-state index >= 15 is 0 Å². The maximum atomic E-state index is 11.9. The van der Waals surface area contributed by atoms with Crippen molar-refractivity contribution in [2.24, 2.45) is 0 Å². The molecule has 1 heterocycles. The van der Waals surface area contributed by atoms with Gasteiger partial charge in [-0.2, -0.15) is 0 Å². The third-order valence-electron chi connectivity index (χ3n) is 4.16. The molecule has 0 spiro atoms. The van der Waals surface area contributed by atoms with Gasteiger partial charge in [-0.1, -0.05) is 37.3 Å². The lowest BCUT2D eigenvalue weighted by molar-refractivity contribution is -0.123. The number of rotatable bonds is 7. The Balaban J connectivity index is 1.69. The molecular formula is C17H27N3O2. The van der Waals surface area contributed by atoms with Gasteiger partial charge in [-0.05, 0) is 12.0 Å². The molecular weight excluding hydrogens is 278 g/mol. The van der Waals surface area contributed by atoms with E-state index in [-0.39, 0.29) is 18.6 Å². The molecule has 1 aliphatic rings. The first-order valence-electron chi connectivity index (χ1n) is 8.10. The summed E-state index contributed by atoms with van der Waals surface area (Å²) < 4.78 is 0. The van der Waals surface area contributed by atoms with E-state index in [9.17, 15) is 4.79 Å². The minimum absolute atomic E-state index is 0.00704. The minimum atomic E-state index is -0.119. The molecule has 1 atom stereocenters. The number of piperazine rings is 1. The zero-order valence-electron chi connectivity index (χ0n) is 13.4. The normalized spacial score (nSPS) is 18.1. The van der Waals surface area contributed by atoms with Gasteiger partial charge in [0.1, 0.15) is 0 Å². The van der Waals surface area contributed by atoms with Crippen molar-refractivity contribution in [3.63, 3.8) is 0 Å². The number of aliphatic hydroxyl groups is 1. The SMILES string of the molecule is CCC(CO)NC(=O)CN1CCN(Cc2ccccc2)CC1. The van der Waals surface area contributed by atoms with Crippen LogP contribution >= 0.6 is 0 Å². The molecule has 2 rings (SSSR count). The van der Waals surface area contributed by atoms with Gasteiger partial charge in [-0.15, -0.1) is 0 Å². The molecule has 1 aliphatic heterocycles. The Kier molecular flexibility index (Phi) is 6.83. The van der Waals surface area contributed by atoms with Crippen molar-refractivity contribution in [2.75, 3.05) is 39.3 Å². The fourth-order valence-corrected chi connectivity index (χ4v) is 2.70. The van der Waals surface area contributed by atoms with Crippen LogP contribution in [0.25, 0.3) is 0 Å². The van der Waals surface area contributed by atoms with E-state index in [0.717, 1.165) is 39.1 Å². The molecule has 22 heavy (non-hydrogen) atoms. The number of nitrogens with zero attached hydrogens (tertiary/aromatic N) is 2. The van der Waals surface area contributed by atoms with Crippen molar-refractivity contribution >= 4 is 5.91 Å². The molecule has 1 unspecified atom stereocenters. The van der Waals surface area contributed by atoms with E-state index in [1.165, 1.54) is 5.56 Å². The predicted molar refractivity (Wildman–Crippen MR) is 87.5 cm³/mol. The Morgan fingerprint density at radius 2 is 1.82 bits per heavy atom. The first-order chi connectivity index (χ1) is 10.7. The van der Waals surface area contributed by atoms with E-state index in [2.05, 4.69) is 39.4 Å². The molecule has 0 saturated carbocycles. The summed E-state index contributed by atoms with van der Waals surface area (Å²) in [7, 11) is 0. The van der Waals surface area contributed by atoms with Gasteiger partial charge >= 0.3 is 0 Å². The molecule has 5 heteroatoms. The lowest BCUT2D eigenvalue weighted by Crippen LogP contribution is -2.50. The average molecular weight is 305 g/mol. The summed E-state index contributed by atoms with van der Waals surface area (Å²) in [6.07, 6.45) is 0.757. The zero-order chi connectivity index (χ0) is 15.8. The van der Waals surface area contributed by atoms with Crippen LogP contribution in [0, 0.1) is 0 Å². The van der Waals surface area contributed by atoms with Gasteiger partial charge in [0.15, 0.2) is 0 Å². The summed E-state index contributed by atoms with van der Waals surface area (Å²) in [5.74, 6) is 0.0115. The number of hydrogen-bond donors (Lipinski definition) is 2. The molecule has 1 saturated heterocycles. The van der Waals surface area contributed by atoms with Gasteiger partial charge in [-0.25, -0.2) is 0 Å². The summed E-state index contributed by atoms with van der Waals surface area (Å²) >= 11 is 0. The van der Waals surface area contributed by atoms with Crippen LogP contribution in [0.3, 0.4) is 0 Å². The van der Waals surface area contributed by atoms with Crippen LogP contribution in [0.1, 0.15) is 18.9 Å². The molecule has 122 valence electrons. The third kappa shape index (κ3) is 5.40. The van der Waals surface area contributed by atoms with Crippen LogP contribution in [0.2, 0.25) is 0 Å². The number of benzene rings is 1. The summed E-state index contributed by atoms with van der Waals surface area (Å²) in [6.45, 7) is 7.17. The highest BCUT2D eigenvalue weighted by Crippen LogP contribution is 2.08. The lowest BCUT2D eigenvalue weighted by Gasteiger charge is -2.34. The molecule has 0 aliphatic carbocycles. The molecule has 0 bridgehead atoms. The van der Waals surface area contributed by atoms with E-state index in [0.29, 0.717) is 6.54 Å². The molecule has 1 aromatic carbocycles. The van der Waals surface area contributed by atoms with E-state index < -0.39 is 0 Å². The largest absolute Gasteiger partial charge is 0.394 e. The molecule has 1 aromatic rings. The monoisotopic (exact) mass is 305 g/mol. The molecule has 1 amide bonds. The highest BCUT2D eigenvalue weighted by molar-refractivity contribution is 5.78. The average Bonchev–Trinajstić information content (AvgIpc) is 2.55. The molecule has 1 fully saturated rings. The molecule has 0 radical (unpaired) electrons. The van der Waals surface area contributed by atoms with Gasteiger partial charge < -0.3 is 10.4 Å². The number of carbonyl (C=O) groups is 1. The van der Waals surface area contributed by atoms with Crippen LogP contribution in [0.5, 0.6) is 0 Å². The Hall–Kier alpha value is -1.43. The lowest BCUT2D eigenvalue weighted by atomic mass is 10.2. The van der Waals surface area contributed by atoms with Crippen molar-refractivity contribution in [3.05, 3.63) is 35.9 Å². The smallest absolute Gasteiger partial charge is 0.234 e. The minimum Gasteiger partial charge on any atom is -0.394 e. The maximum absolute atomic E-state index is 11.9. The Labute approximate surface area is 132 Å². The number of carbonyl (C=O) groups excluding carboxylic acids is 1. The highest BCUT2D eigenvalue weighted by atomic mass is 16.3. The van der Waals surface area contributed by atoms with E-state index in [4.69, 9.17) is 5.11 Å². The van der Waals surface area contributed by atoms with Crippen molar-refractivity contribution in [2.45, 2.75) is 25.9 Å². The standard InChI is InChI=1S/C17H27N3O2/c1-2-16(14-21)18-17(22)13-20-10-8-19(9-11-20)12-15-6-4-3-5-7-15/h3-7,16,21H,2,8-14H2,1H3,(H,18,22). The van der Waals surface area contributed by atoms with Crippen LogP contribution in [0.15, 0.2) is 30.3 Å². The Bertz CT molecular complexity index is 440. The second kappa shape index (κ2) is 8.88. The first kappa shape index (κ1) is 16.9. The highest BCUT2D eigenvalue weighted by Gasteiger charge is 2.19. The topological polar surface area (TPSA) is 55.8 Å². The first-order valence-corrected chi connectivity index (χ1v) is 8.10. The van der Waals surface area contributed by atoms with Crippen molar-refractivity contribution in [1.82, 2.24) is 15.1 Å². The van der Waals surface area contributed by atoms with Crippen LogP contribution < -0.4 is 5.32 Å². The van der Waals surface area contributed by atoms with Crippen LogP contribution in [0.4, 0.5) is 0 Å². The number of hydrogen-bond acceptors (Lipinski definition) is 4. The van der Waals surface area contributed by atoms with E-state index in [1.807, 2.05) is 13.0 Å². The van der Waals surface area contributed by atoms with Gasteiger partial charge in [-0.3, -0.25) is 14.6 Å². The van der Waals surface area contributed by atoms with Crippen LogP contribution in [-0.4, -0.2) is 66.2 Å². The zero-order valence-corrected chi connectivity index (χ0v) is 13.4. The maximum Gasteiger partial charge on any atom is 0.234 e. The number of amides is 1. The number of aliphatic hydroxyl groups excluding tert-OH is 1. The van der Waals surface area contributed by atoms with E-state index in [1.54, 1.807) is 0 Å². The van der Waals surface area contributed by atoms with Gasteiger partial charge in [0.05, 0.1) is 19.2 Å². The second-order valence-electron chi connectivity index (χ2n) is 5.89. The third-order valence-corrected chi connectivity index (χ3v) is 4.16. The summed E-state index contributed by atoms with van der Waals surface area (Å²) in [5.41, 5.74) is 1.34. The molecule has 0 aromatic heterocycles. The Morgan fingerprint density at radius 1 is 1.18 bits per heavy atom. The molecule has 2 N–H and O–H groups in total. The quantitative estimate of drug-likeness (QED) is 0.778. The number of nitrogens with one attached hydrogen (secondary N) is 1. The predicted octanol–water partition coefficient (Wildman–Crippen LogP) is 0.691. The van der Waals surface area contributed by atoms with Crippen molar-refractivity contribution in [1.29, 1.82) is 0 Å². The van der Waals surface area contributed by atoms with Gasteiger partial charge in [0.2, 0.25) is 5.91 Å². The Morgan fingerprint density at radius 3 is 2.41 bits per heavy atom. The second-order valence-corrected chi connectivity index (χ2v) is 5.89. The summed E-state index contributed by atoms with van der Waals surface area (Å²) in [6, 6.07) is 10.4. The summed E-state index contributed by atoms with van der Waals surface area (Å²) in [4.78, 5) is 16.5.